The lowest BCUT2D eigenvalue weighted by atomic mass is 9.90. The normalized spacial score (nSPS) is 15.6. The van der Waals surface area contributed by atoms with Gasteiger partial charge in [0.1, 0.15) is 6.42 Å². The van der Waals surface area contributed by atoms with Gasteiger partial charge in [-0.2, -0.15) is 0 Å². The Bertz CT molecular complexity index is 547. The molecule has 0 saturated carbocycles. The van der Waals surface area contributed by atoms with E-state index in [-0.39, 0.29) is 29.1 Å². The Balaban J connectivity index is 0. The maximum absolute atomic E-state index is 12.5. The lowest BCUT2D eigenvalue weighted by Gasteiger charge is -2.33. The molecule has 5 nitrogen and oxygen atoms in total. The minimum atomic E-state index is -0.436. The first-order chi connectivity index (χ1) is 14.4. The van der Waals surface area contributed by atoms with Gasteiger partial charge >= 0.3 is 6.03 Å². The van der Waals surface area contributed by atoms with Gasteiger partial charge in [0.2, 0.25) is 11.8 Å². The van der Waals surface area contributed by atoms with Crippen molar-refractivity contribution in [3.63, 3.8) is 0 Å². The number of imide groups is 2. The van der Waals surface area contributed by atoms with Crippen molar-refractivity contribution in [3.8, 4) is 0 Å². The van der Waals surface area contributed by atoms with E-state index in [9.17, 15) is 14.4 Å². The zero-order valence-electron chi connectivity index (χ0n) is 24.6. The van der Waals surface area contributed by atoms with E-state index in [4.69, 9.17) is 0 Å². The largest absolute Gasteiger partial charge is 0.333 e. The van der Waals surface area contributed by atoms with Crippen LogP contribution >= 0.6 is 0 Å². The smallest absolute Gasteiger partial charge is 0.274 e. The van der Waals surface area contributed by atoms with Crippen molar-refractivity contribution in [3.05, 3.63) is 0 Å². The first-order valence-corrected chi connectivity index (χ1v) is 12.6. The molecule has 0 N–H and O–H groups in total. The third-order valence-corrected chi connectivity index (χ3v) is 3.98. The molecule has 196 valence electrons. The number of nitrogens with zero attached hydrogens (tertiary/aromatic N) is 2. The van der Waals surface area contributed by atoms with Gasteiger partial charge in [0, 0.05) is 13.1 Å². The number of rotatable bonds is 6. The first kappa shape index (κ1) is 33.8. The van der Waals surface area contributed by atoms with Gasteiger partial charge in [-0.25, -0.2) is 4.79 Å². The fourth-order valence-corrected chi connectivity index (χ4v) is 2.65. The lowest BCUT2D eigenvalue weighted by Crippen LogP contribution is -2.55. The molecular formula is C28H56N2O3. The summed E-state index contributed by atoms with van der Waals surface area (Å²) in [5.74, 6) is -0.720. The highest BCUT2D eigenvalue weighted by Crippen LogP contribution is 2.24. The Hall–Kier alpha value is -1.39. The third kappa shape index (κ3) is 23.6. The van der Waals surface area contributed by atoms with Gasteiger partial charge in [-0.3, -0.25) is 19.4 Å². The van der Waals surface area contributed by atoms with Gasteiger partial charge < -0.3 is 0 Å². The van der Waals surface area contributed by atoms with Crippen LogP contribution in [0.1, 0.15) is 129 Å². The monoisotopic (exact) mass is 468 g/mol. The quantitative estimate of drug-likeness (QED) is 0.372. The van der Waals surface area contributed by atoms with E-state index < -0.39 is 6.03 Å². The second-order valence-corrected chi connectivity index (χ2v) is 14.9. The fraction of sp³-hybridized carbons (Fsp3) is 0.893. The molecule has 0 unspecified atom stereocenters. The topological polar surface area (TPSA) is 57.7 Å². The highest BCUT2D eigenvalue weighted by Gasteiger charge is 2.37. The van der Waals surface area contributed by atoms with Crippen LogP contribution in [0.2, 0.25) is 0 Å². The van der Waals surface area contributed by atoms with Crippen molar-refractivity contribution in [1.82, 2.24) is 9.80 Å². The number of barbiturate groups is 1. The fourth-order valence-electron chi connectivity index (χ4n) is 2.65. The Kier molecular flexibility index (Phi) is 13.8. The molecule has 1 aliphatic rings. The Morgan fingerprint density at radius 1 is 0.545 bits per heavy atom. The number of carbonyl (C=O) groups is 3. The number of urea groups is 1. The van der Waals surface area contributed by atoms with E-state index in [1.54, 1.807) is 0 Å². The maximum Gasteiger partial charge on any atom is 0.333 e. The van der Waals surface area contributed by atoms with Gasteiger partial charge in [-0.15, -0.1) is 0 Å². The molecular weight excluding hydrogens is 412 g/mol. The summed E-state index contributed by atoms with van der Waals surface area (Å²) in [6.45, 7) is 31.1. The van der Waals surface area contributed by atoms with Gasteiger partial charge in [0.15, 0.2) is 0 Å². The molecule has 1 aliphatic heterocycles. The molecule has 1 rings (SSSR count). The van der Waals surface area contributed by atoms with Gasteiger partial charge in [0.25, 0.3) is 0 Å². The van der Waals surface area contributed by atoms with Crippen molar-refractivity contribution in [2.45, 2.75) is 129 Å². The number of hydrogen-bond acceptors (Lipinski definition) is 3. The minimum Gasteiger partial charge on any atom is -0.274 e. The molecule has 5 heteroatoms. The van der Waals surface area contributed by atoms with Gasteiger partial charge in [-0.05, 0) is 47.3 Å². The lowest BCUT2D eigenvalue weighted by molar-refractivity contribution is -0.142. The summed E-state index contributed by atoms with van der Waals surface area (Å²) in [6, 6.07) is -0.436. The molecule has 0 atom stereocenters. The molecule has 0 aromatic carbocycles. The van der Waals surface area contributed by atoms with Crippen molar-refractivity contribution >= 4 is 17.8 Å². The van der Waals surface area contributed by atoms with Crippen LogP contribution in [-0.2, 0) is 9.59 Å². The second-order valence-electron chi connectivity index (χ2n) is 14.9. The Morgan fingerprint density at radius 3 is 1.00 bits per heavy atom. The summed E-state index contributed by atoms with van der Waals surface area (Å²) < 4.78 is 0. The Morgan fingerprint density at radius 2 is 0.788 bits per heavy atom. The van der Waals surface area contributed by atoms with Gasteiger partial charge in [-0.1, -0.05) is 96.9 Å². The summed E-state index contributed by atoms with van der Waals surface area (Å²) in [5.41, 5.74) is 1.34. The van der Waals surface area contributed by atoms with Crippen LogP contribution in [0, 0.1) is 21.7 Å². The highest BCUT2D eigenvalue weighted by molar-refractivity contribution is 6.14. The SMILES string of the molecule is CC(C)(C)C.CC(C)(C)C.CC(C)(C)CCCN1C(=O)CC(=O)N(CCCC(C)(C)C)C1=O. The summed E-state index contributed by atoms with van der Waals surface area (Å²) in [4.78, 5) is 39.0. The van der Waals surface area contributed by atoms with Crippen LogP contribution in [0.25, 0.3) is 0 Å². The Labute approximate surface area is 206 Å². The van der Waals surface area contributed by atoms with E-state index in [0.717, 1.165) is 25.7 Å². The van der Waals surface area contributed by atoms with E-state index >= 15 is 0 Å². The highest BCUT2D eigenvalue weighted by atomic mass is 16.2. The van der Waals surface area contributed by atoms with Crippen LogP contribution < -0.4 is 0 Å². The van der Waals surface area contributed by atoms with Crippen LogP contribution in [0.15, 0.2) is 0 Å². The first-order valence-electron chi connectivity index (χ1n) is 12.6. The van der Waals surface area contributed by atoms with E-state index in [2.05, 4.69) is 96.9 Å². The molecule has 0 bridgehead atoms. The number of hydrogen-bond donors (Lipinski definition) is 0. The van der Waals surface area contributed by atoms with E-state index in [1.807, 2.05) is 0 Å². The van der Waals surface area contributed by atoms with Crippen LogP contribution in [0.4, 0.5) is 4.79 Å². The molecule has 0 aromatic rings. The molecule has 4 amide bonds. The summed E-state index contributed by atoms with van der Waals surface area (Å²) >= 11 is 0. The molecule has 0 aliphatic carbocycles. The van der Waals surface area contributed by atoms with Crippen molar-refractivity contribution in [2.75, 3.05) is 13.1 Å². The zero-order valence-corrected chi connectivity index (χ0v) is 24.6. The maximum atomic E-state index is 12.5. The average molecular weight is 469 g/mol. The second kappa shape index (κ2) is 13.5. The molecule has 1 heterocycles. The van der Waals surface area contributed by atoms with Crippen LogP contribution in [0.5, 0.6) is 0 Å². The molecule has 0 aromatic heterocycles. The standard InChI is InChI=1S/C18H32N2O3.2C5H12/c1-17(2,3)9-7-11-19-14(21)13-15(22)20(16(19)23)12-8-10-18(4,5)6;2*1-5(2,3)4/h7-13H2,1-6H3;2*1-4H3. The van der Waals surface area contributed by atoms with Gasteiger partial charge in [0.05, 0.1) is 0 Å². The minimum absolute atomic E-state index is 0.171. The van der Waals surface area contributed by atoms with Crippen LogP contribution in [0.3, 0.4) is 0 Å². The van der Waals surface area contributed by atoms with Crippen LogP contribution in [-0.4, -0.2) is 40.7 Å². The summed E-state index contributed by atoms with van der Waals surface area (Å²) in [5, 5.41) is 0. The molecule has 1 fully saturated rings. The number of carbonyl (C=O) groups excluding carboxylic acids is 3. The predicted octanol–water partition coefficient (Wildman–Crippen LogP) is 7.92. The summed E-state index contributed by atoms with van der Waals surface area (Å²) in [6.07, 6.45) is 3.22. The summed E-state index contributed by atoms with van der Waals surface area (Å²) in [7, 11) is 0. The molecule has 0 radical (unpaired) electrons. The number of amides is 4. The third-order valence-electron chi connectivity index (χ3n) is 3.98. The molecule has 0 spiro atoms. The van der Waals surface area contributed by atoms with E-state index in [1.165, 1.54) is 9.80 Å². The predicted molar refractivity (Wildman–Crippen MR) is 141 cm³/mol. The van der Waals surface area contributed by atoms with E-state index in [0.29, 0.717) is 23.9 Å². The van der Waals surface area contributed by atoms with Crippen molar-refractivity contribution in [2.24, 2.45) is 21.7 Å². The van der Waals surface area contributed by atoms with Crippen molar-refractivity contribution < 1.29 is 14.4 Å². The molecule has 33 heavy (non-hydrogen) atoms. The molecule has 1 saturated heterocycles. The zero-order chi connectivity index (χ0) is 26.8. The average Bonchev–Trinajstić information content (AvgIpc) is 2.48. The van der Waals surface area contributed by atoms with Crippen molar-refractivity contribution in [1.29, 1.82) is 0 Å².